The van der Waals surface area contributed by atoms with E-state index in [1.165, 1.54) is 5.56 Å². The van der Waals surface area contributed by atoms with E-state index in [0.29, 0.717) is 18.4 Å². The van der Waals surface area contributed by atoms with Crippen LogP contribution in [0.2, 0.25) is 0 Å². The average molecular weight is 361 g/mol. The van der Waals surface area contributed by atoms with Gasteiger partial charge in [-0.25, -0.2) is 0 Å². The topological polar surface area (TPSA) is 66.6 Å². The molecule has 0 atom stereocenters. The Labute approximate surface area is 155 Å². The molecule has 1 fully saturated rings. The summed E-state index contributed by atoms with van der Waals surface area (Å²) in [5.41, 5.74) is 7.49. The standard InChI is InChI=1S/C20H24N2O2.ClH/c21-18-8-6-16(7-9-18)15-22-12-10-20(24,11-13-22)14-19(23)17-4-2-1-3-5-17;/h1-9,24H,10-15,21H2;1H. The van der Waals surface area contributed by atoms with Crippen LogP contribution in [0.25, 0.3) is 0 Å². The molecular formula is C20H25ClN2O2. The second-order valence-electron chi connectivity index (χ2n) is 6.71. The summed E-state index contributed by atoms with van der Waals surface area (Å²) in [6.07, 6.45) is 1.45. The van der Waals surface area contributed by atoms with Crippen molar-refractivity contribution in [2.24, 2.45) is 0 Å². The van der Waals surface area contributed by atoms with Gasteiger partial charge in [-0.2, -0.15) is 0 Å². The lowest BCUT2D eigenvalue weighted by atomic mass is 9.85. The van der Waals surface area contributed by atoms with Gasteiger partial charge in [0.15, 0.2) is 5.78 Å². The van der Waals surface area contributed by atoms with Gasteiger partial charge in [0, 0.05) is 37.3 Å². The smallest absolute Gasteiger partial charge is 0.165 e. The van der Waals surface area contributed by atoms with E-state index < -0.39 is 5.60 Å². The third-order valence-electron chi connectivity index (χ3n) is 4.76. The number of aliphatic hydroxyl groups is 1. The van der Waals surface area contributed by atoms with Gasteiger partial charge in [0.2, 0.25) is 0 Å². The summed E-state index contributed by atoms with van der Waals surface area (Å²) in [7, 11) is 0. The molecule has 0 amide bonds. The van der Waals surface area contributed by atoms with E-state index in [-0.39, 0.29) is 24.6 Å². The number of Topliss-reactive ketones (excluding diaryl/α,β-unsaturated/α-hetero) is 1. The zero-order valence-electron chi connectivity index (χ0n) is 14.2. The van der Waals surface area contributed by atoms with E-state index in [4.69, 9.17) is 5.73 Å². The molecular weight excluding hydrogens is 336 g/mol. The number of hydrogen-bond acceptors (Lipinski definition) is 4. The average Bonchev–Trinajstić information content (AvgIpc) is 2.60. The fourth-order valence-corrected chi connectivity index (χ4v) is 3.21. The Kier molecular flexibility index (Phi) is 6.59. The molecule has 1 heterocycles. The quantitative estimate of drug-likeness (QED) is 0.634. The summed E-state index contributed by atoms with van der Waals surface area (Å²) in [5.74, 6) is 0.0186. The second-order valence-corrected chi connectivity index (χ2v) is 6.71. The van der Waals surface area contributed by atoms with Gasteiger partial charge in [-0.15, -0.1) is 12.4 Å². The molecule has 5 heteroatoms. The Hall–Kier alpha value is -1.88. The number of ketones is 1. The van der Waals surface area contributed by atoms with Crippen molar-refractivity contribution in [2.75, 3.05) is 18.8 Å². The fourth-order valence-electron chi connectivity index (χ4n) is 3.21. The van der Waals surface area contributed by atoms with Crippen LogP contribution >= 0.6 is 12.4 Å². The van der Waals surface area contributed by atoms with Crippen LogP contribution in [-0.4, -0.2) is 34.5 Å². The summed E-state index contributed by atoms with van der Waals surface area (Å²) < 4.78 is 0. The van der Waals surface area contributed by atoms with E-state index in [2.05, 4.69) is 4.90 Å². The molecule has 0 unspecified atom stereocenters. The first-order valence-electron chi connectivity index (χ1n) is 8.41. The number of likely N-dealkylation sites (tertiary alicyclic amines) is 1. The minimum Gasteiger partial charge on any atom is -0.399 e. The zero-order valence-corrected chi connectivity index (χ0v) is 15.0. The van der Waals surface area contributed by atoms with Crippen molar-refractivity contribution >= 4 is 23.9 Å². The van der Waals surface area contributed by atoms with Gasteiger partial charge in [0.25, 0.3) is 0 Å². The van der Waals surface area contributed by atoms with Crippen LogP contribution in [0.1, 0.15) is 35.2 Å². The first-order chi connectivity index (χ1) is 11.5. The Morgan fingerprint density at radius 2 is 1.64 bits per heavy atom. The van der Waals surface area contributed by atoms with Gasteiger partial charge in [0.05, 0.1) is 5.60 Å². The highest BCUT2D eigenvalue weighted by Gasteiger charge is 2.34. The zero-order chi connectivity index (χ0) is 17.0. The molecule has 2 aromatic rings. The Balaban J connectivity index is 0.00000225. The molecule has 3 rings (SSSR count). The highest BCUT2D eigenvalue weighted by molar-refractivity contribution is 5.96. The van der Waals surface area contributed by atoms with Gasteiger partial charge in [-0.1, -0.05) is 42.5 Å². The Bertz CT molecular complexity index is 681. The van der Waals surface area contributed by atoms with Crippen LogP contribution in [0, 0.1) is 0 Å². The number of anilines is 1. The predicted molar refractivity (Wildman–Crippen MR) is 103 cm³/mol. The lowest BCUT2D eigenvalue weighted by molar-refractivity contribution is -0.0241. The number of benzene rings is 2. The molecule has 3 N–H and O–H groups in total. The van der Waals surface area contributed by atoms with E-state index in [1.807, 2.05) is 54.6 Å². The number of nitrogens with zero attached hydrogens (tertiary/aromatic N) is 1. The first kappa shape index (κ1) is 19.4. The number of nitrogens with two attached hydrogens (primary N) is 1. The van der Waals surface area contributed by atoms with E-state index in [1.54, 1.807) is 0 Å². The van der Waals surface area contributed by atoms with E-state index in [9.17, 15) is 9.90 Å². The van der Waals surface area contributed by atoms with E-state index >= 15 is 0 Å². The van der Waals surface area contributed by atoms with Gasteiger partial charge < -0.3 is 10.8 Å². The molecule has 4 nitrogen and oxygen atoms in total. The summed E-state index contributed by atoms with van der Waals surface area (Å²) in [6, 6.07) is 17.1. The molecule has 1 aliphatic heterocycles. The van der Waals surface area contributed by atoms with Crippen LogP contribution in [0.3, 0.4) is 0 Å². The maximum absolute atomic E-state index is 12.3. The highest BCUT2D eigenvalue weighted by Crippen LogP contribution is 2.28. The van der Waals surface area contributed by atoms with Crippen molar-refractivity contribution in [1.82, 2.24) is 4.90 Å². The van der Waals surface area contributed by atoms with Crippen molar-refractivity contribution < 1.29 is 9.90 Å². The lowest BCUT2D eigenvalue weighted by Gasteiger charge is -2.38. The van der Waals surface area contributed by atoms with Crippen molar-refractivity contribution in [3.8, 4) is 0 Å². The molecule has 0 aromatic heterocycles. The minimum absolute atomic E-state index is 0. The van der Waals surface area contributed by atoms with Gasteiger partial charge in [-0.05, 0) is 30.5 Å². The number of rotatable bonds is 5. The molecule has 0 bridgehead atoms. The Morgan fingerprint density at radius 3 is 2.24 bits per heavy atom. The van der Waals surface area contributed by atoms with Gasteiger partial charge in [-0.3, -0.25) is 9.69 Å². The minimum atomic E-state index is -0.884. The summed E-state index contributed by atoms with van der Waals surface area (Å²) >= 11 is 0. The lowest BCUT2D eigenvalue weighted by Crippen LogP contribution is -2.45. The van der Waals surface area contributed by atoms with Crippen molar-refractivity contribution in [3.63, 3.8) is 0 Å². The fraction of sp³-hybridized carbons (Fsp3) is 0.350. The van der Waals surface area contributed by atoms with Crippen LogP contribution in [0.15, 0.2) is 54.6 Å². The first-order valence-corrected chi connectivity index (χ1v) is 8.41. The third kappa shape index (κ3) is 5.30. The van der Waals surface area contributed by atoms with Gasteiger partial charge >= 0.3 is 0 Å². The monoisotopic (exact) mass is 360 g/mol. The Morgan fingerprint density at radius 1 is 1.04 bits per heavy atom. The summed E-state index contributed by atoms with van der Waals surface area (Å²) in [4.78, 5) is 14.6. The largest absolute Gasteiger partial charge is 0.399 e. The molecule has 2 aromatic carbocycles. The molecule has 0 radical (unpaired) electrons. The molecule has 1 saturated heterocycles. The van der Waals surface area contributed by atoms with Crippen LogP contribution in [0.4, 0.5) is 5.69 Å². The maximum atomic E-state index is 12.3. The molecule has 25 heavy (non-hydrogen) atoms. The van der Waals surface area contributed by atoms with Crippen LogP contribution < -0.4 is 5.73 Å². The number of carbonyl (C=O) groups excluding carboxylic acids is 1. The number of carbonyl (C=O) groups is 1. The number of piperidine rings is 1. The van der Waals surface area contributed by atoms with Crippen molar-refractivity contribution in [1.29, 1.82) is 0 Å². The van der Waals surface area contributed by atoms with Crippen LogP contribution in [-0.2, 0) is 6.54 Å². The maximum Gasteiger partial charge on any atom is 0.165 e. The predicted octanol–water partition coefficient (Wildman–Crippen LogP) is 3.29. The molecule has 0 saturated carbocycles. The third-order valence-corrected chi connectivity index (χ3v) is 4.76. The molecule has 1 aliphatic rings. The molecule has 134 valence electrons. The molecule has 0 aliphatic carbocycles. The van der Waals surface area contributed by atoms with Crippen molar-refractivity contribution in [3.05, 3.63) is 65.7 Å². The second kappa shape index (κ2) is 8.48. The number of halogens is 1. The summed E-state index contributed by atoms with van der Waals surface area (Å²) in [5, 5.41) is 10.8. The SMILES string of the molecule is Cl.Nc1ccc(CN2CCC(O)(CC(=O)c3ccccc3)CC2)cc1. The van der Waals surface area contributed by atoms with E-state index in [0.717, 1.165) is 25.3 Å². The van der Waals surface area contributed by atoms with Crippen LogP contribution in [0.5, 0.6) is 0 Å². The molecule has 0 spiro atoms. The normalized spacial score (nSPS) is 16.8. The number of nitrogen functional groups attached to an aromatic ring is 1. The number of hydrogen-bond donors (Lipinski definition) is 2. The summed E-state index contributed by atoms with van der Waals surface area (Å²) in [6.45, 7) is 2.44. The highest BCUT2D eigenvalue weighted by atomic mass is 35.5. The van der Waals surface area contributed by atoms with Gasteiger partial charge in [0.1, 0.15) is 0 Å². The van der Waals surface area contributed by atoms with Crippen molar-refractivity contribution in [2.45, 2.75) is 31.4 Å².